The smallest absolute Gasteiger partial charge is 0.227 e. The van der Waals surface area contributed by atoms with Crippen LogP contribution < -0.4 is 15.5 Å². The molecule has 0 bridgehead atoms. The van der Waals surface area contributed by atoms with E-state index in [1.54, 1.807) is 13.1 Å². The SMILES string of the molecule is CC(=O)NC1CCN(c2nccc(Nc3ccc(C)cc3)n2)CC1. The third-order valence-corrected chi connectivity index (χ3v) is 4.15. The van der Waals surface area contributed by atoms with Crippen LogP contribution in [0, 0.1) is 6.92 Å². The van der Waals surface area contributed by atoms with Gasteiger partial charge in [0.15, 0.2) is 0 Å². The maximum atomic E-state index is 11.1. The van der Waals surface area contributed by atoms with E-state index in [2.05, 4.69) is 44.6 Å². The summed E-state index contributed by atoms with van der Waals surface area (Å²) in [6.45, 7) is 5.32. The lowest BCUT2D eigenvalue weighted by atomic mass is 10.1. The van der Waals surface area contributed by atoms with Crippen LogP contribution in [0.15, 0.2) is 36.5 Å². The summed E-state index contributed by atoms with van der Waals surface area (Å²) in [5, 5.41) is 6.29. The number of amides is 1. The molecule has 1 amide bonds. The molecule has 1 fully saturated rings. The molecule has 2 N–H and O–H groups in total. The second-order valence-corrected chi connectivity index (χ2v) is 6.19. The number of rotatable bonds is 4. The molecule has 6 nitrogen and oxygen atoms in total. The fourth-order valence-corrected chi connectivity index (χ4v) is 2.87. The van der Waals surface area contributed by atoms with Gasteiger partial charge in [-0.1, -0.05) is 17.7 Å². The monoisotopic (exact) mass is 325 g/mol. The van der Waals surface area contributed by atoms with E-state index in [-0.39, 0.29) is 11.9 Å². The van der Waals surface area contributed by atoms with Gasteiger partial charge in [-0.05, 0) is 38.0 Å². The van der Waals surface area contributed by atoms with Gasteiger partial charge >= 0.3 is 0 Å². The summed E-state index contributed by atoms with van der Waals surface area (Å²) in [4.78, 5) is 22.3. The highest BCUT2D eigenvalue weighted by molar-refractivity contribution is 5.73. The Labute approximate surface area is 142 Å². The zero-order valence-corrected chi connectivity index (χ0v) is 14.1. The van der Waals surface area contributed by atoms with Gasteiger partial charge in [0, 0.05) is 37.9 Å². The Balaban J connectivity index is 1.63. The van der Waals surface area contributed by atoms with E-state index in [0.717, 1.165) is 43.4 Å². The molecule has 0 saturated carbocycles. The molecule has 0 unspecified atom stereocenters. The van der Waals surface area contributed by atoms with E-state index in [9.17, 15) is 4.79 Å². The standard InChI is InChI=1S/C18H23N5O/c1-13-3-5-15(6-4-13)21-17-7-10-19-18(22-17)23-11-8-16(9-12-23)20-14(2)24/h3-7,10,16H,8-9,11-12H2,1-2H3,(H,20,24)(H,19,21,22). The zero-order chi connectivity index (χ0) is 16.9. The van der Waals surface area contributed by atoms with Crippen LogP contribution in [0.5, 0.6) is 0 Å². The summed E-state index contributed by atoms with van der Waals surface area (Å²) in [6.07, 6.45) is 3.61. The van der Waals surface area contributed by atoms with Crippen LogP contribution in [0.3, 0.4) is 0 Å². The number of aromatic nitrogens is 2. The van der Waals surface area contributed by atoms with E-state index >= 15 is 0 Å². The largest absolute Gasteiger partial charge is 0.353 e. The van der Waals surface area contributed by atoms with Crippen LogP contribution in [0.2, 0.25) is 0 Å². The normalized spacial score (nSPS) is 15.2. The van der Waals surface area contributed by atoms with Gasteiger partial charge < -0.3 is 15.5 Å². The van der Waals surface area contributed by atoms with E-state index in [1.807, 2.05) is 18.2 Å². The predicted molar refractivity (Wildman–Crippen MR) is 95.5 cm³/mol. The van der Waals surface area contributed by atoms with Gasteiger partial charge in [-0.2, -0.15) is 4.98 Å². The van der Waals surface area contributed by atoms with Crippen molar-refractivity contribution in [3.8, 4) is 0 Å². The lowest BCUT2D eigenvalue weighted by Crippen LogP contribution is -2.44. The van der Waals surface area contributed by atoms with Crippen LogP contribution in [0.25, 0.3) is 0 Å². The minimum atomic E-state index is 0.0361. The van der Waals surface area contributed by atoms with Gasteiger partial charge in [-0.3, -0.25) is 4.79 Å². The third kappa shape index (κ3) is 4.22. The topological polar surface area (TPSA) is 70.2 Å². The first-order valence-electron chi connectivity index (χ1n) is 8.29. The molecule has 0 spiro atoms. The van der Waals surface area contributed by atoms with Crippen molar-refractivity contribution in [2.24, 2.45) is 0 Å². The average Bonchev–Trinajstić information content (AvgIpc) is 2.57. The lowest BCUT2D eigenvalue weighted by molar-refractivity contribution is -0.119. The molecule has 2 aromatic rings. The van der Waals surface area contributed by atoms with Crippen molar-refractivity contribution < 1.29 is 4.79 Å². The van der Waals surface area contributed by atoms with Gasteiger partial charge in [-0.15, -0.1) is 0 Å². The van der Waals surface area contributed by atoms with Crippen molar-refractivity contribution in [2.45, 2.75) is 32.7 Å². The van der Waals surface area contributed by atoms with Crippen LogP contribution >= 0.6 is 0 Å². The molecule has 126 valence electrons. The second kappa shape index (κ2) is 7.29. The maximum Gasteiger partial charge on any atom is 0.227 e. The highest BCUT2D eigenvalue weighted by Crippen LogP contribution is 2.20. The minimum absolute atomic E-state index is 0.0361. The number of anilines is 3. The summed E-state index contributed by atoms with van der Waals surface area (Å²) in [7, 11) is 0. The molecule has 24 heavy (non-hydrogen) atoms. The molecule has 0 aliphatic carbocycles. The van der Waals surface area contributed by atoms with Crippen LogP contribution in [0.4, 0.5) is 17.5 Å². The van der Waals surface area contributed by atoms with E-state index in [0.29, 0.717) is 0 Å². The molecule has 1 aromatic heterocycles. The number of hydrogen-bond acceptors (Lipinski definition) is 5. The highest BCUT2D eigenvalue weighted by atomic mass is 16.1. The summed E-state index contributed by atoms with van der Waals surface area (Å²) in [5.74, 6) is 1.55. The van der Waals surface area contributed by atoms with Gasteiger partial charge in [0.25, 0.3) is 0 Å². The van der Waals surface area contributed by atoms with Crippen LogP contribution in [-0.2, 0) is 4.79 Å². The van der Waals surface area contributed by atoms with Crippen molar-refractivity contribution >= 4 is 23.4 Å². The Morgan fingerprint density at radius 1 is 1.17 bits per heavy atom. The molecular formula is C18H23N5O. The van der Waals surface area contributed by atoms with E-state index in [1.165, 1.54) is 5.56 Å². The average molecular weight is 325 g/mol. The van der Waals surface area contributed by atoms with Gasteiger partial charge in [0.2, 0.25) is 11.9 Å². The first kappa shape index (κ1) is 16.2. The number of carbonyl (C=O) groups is 1. The van der Waals surface area contributed by atoms with Crippen molar-refractivity contribution in [1.29, 1.82) is 0 Å². The lowest BCUT2D eigenvalue weighted by Gasteiger charge is -2.32. The molecule has 1 aromatic carbocycles. The quantitative estimate of drug-likeness (QED) is 0.904. The van der Waals surface area contributed by atoms with Crippen molar-refractivity contribution in [1.82, 2.24) is 15.3 Å². The number of nitrogens with one attached hydrogen (secondary N) is 2. The Hall–Kier alpha value is -2.63. The molecule has 1 aliphatic heterocycles. The second-order valence-electron chi connectivity index (χ2n) is 6.19. The molecule has 1 saturated heterocycles. The highest BCUT2D eigenvalue weighted by Gasteiger charge is 2.21. The number of aryl methyl sites for hydroxylation is 1. The molecule has 0 atom stereocenters. The predicted octanol–water partition coefficient (Wildman–Crippen LogP) is 2.63. The van der Waals surface area contributed by atoms with Crippen molar-refractivity contribution in [3.05, 3.63) is 42.1 Å². The molecular weight excluding hydrogens is 302 g/mol. The molecule has 0 radical (unpaired) electrons. The molecule has 2 heterocycles. The van der Waals surface area contributed by atoms with E-state index in [4.69, 9.17) is 0 Å². The first-order chi connectivity index (χ1) is 11.6. The van der Waals surface area contributed by atoms with Crippen molar-refractivity contribution in [3.63, 3.8) is 0 Å². The van der Waals surface area contributed by atoms with Crippen LogP contribution in [0.1, 0.15) is 25.3 Å². The summed E-state index contributed by atoms with van der Waals surface area (Å²) >= 11 is 0. The fraction of sp³-hybridized carbons (Fsp3) is 0.389. The van der Waals surface area contributed by atoms with Gasteiger partial charge in [0.1, 0.15) is 5.82 Å². The van der Waals surface area contributed by atoms with Gasteiger partial charge in [-0.25, -0.2) is 4.98 Å². The minimum Gasteiger partial charge on any atom is -0.353 e. The zero-order valence-electron chi connectivity index (χ0n) is 14.1. The number of benzene rings is 1. The summed E-state index contributed by atoms with van der Waals surface area (Å²) in [5.41, 5.74) is 2.24. The Morgan fingerprint density at radius 2 is 1.88 bits per heavy atom. The molecule has 3 rings (SSSR count). The van der Waals surface area contributed by atoms with E-state index < -0.39 is 0 Å². The number of carbonyl (C=O) groups excluding carboxylic acids is 1. The van der Waals surface area contributed by atoms with Crippen LogP contribution in [-0.4, -0.2) is 35.0 Å². The third-order valence-electron chi connectivity index (χ3n) is 4.15. The fourth-order valence-electron chi connectivity index (χ4n) is 2.87. The van der Waals surface area contributed by atoms with Crippen molar-refractivity contribution in [2.75, 3.05) is 23.3 Å². The Kier molecular flexibility index (Phi) is 4.93. The number of hydrogen-bond donors (Lipinski definition) is 2. The summed E-state index contributed by atoms with van der Waals surface area (Å²) in [6, 6.07) is 10.3. The maximum absolute atomic E-state index is 11.1. The number of piperidine rings is 1. The van der Waals surface area contributed by atoms with Gasteiger partial charge in [0.05, 0.1) is 0 Å². The molecule has 6 heteroatoms. The Bertz CT molecular complexity index is 693. The number of nitrogens with zero attached hydrogens (tertiary/aromatic N) is 3. The first-order valence-corrected chi connectivity index (χ1v) is 8.29. The Morgan fingerprint density at radius 3 is 2.54 bits per heavy atom. The molecule has 1 aliphatic rings. The summed E-state index contributed by atoms with van der Waals surface area (Å²) < 4.78 is 0.